The van der Waals surface area contributed by atoms with Crippen molar-refractivity contribution in [2.45, 2.75) is 38.0 Å². The highest BCUT2D eigenvalue weighted by Crippen LogP contribution is 2.35. The standard InChI is InChI=1S/C15H20N4OS/c1-10(14-18-17-9-19(14)2)8-16-15(20)12-4-3-5-13-11(12)6-7-21-13/h6-7,9-10,12H,3-5,8H2,1-2H3,(H,16,20). The molecule has 0 bridgehead atoms. The number of fused-ring (bicyclic) bond motifs is 1. The summed E-state index contributed by atoms with van der Waals surface area (Å²) in [5, 5.41) is 13.2. The first-order valence-corrected chi connectivity index (χ1v) is 8.22. The Morgan fingerprint density at radius 3 is 3.24 bits per heavy atom. The summed E-state index contributed by atoms with van der Waals surface area (Å²) >= 11 is 1.77. The molecule has 2 atom stereocenters. The van der Waals surface area contributed by atoms with Crippen molar-refractivity contribution in [2.24, 2.45) is 7.05 Å². The van der Waals surface area contributed by atoms with Crippen LogP contribution >= 0.6 is 11.3 Å². The highest BCUT2D eigenvalue weighted by atomic mass is 32.1. The number of hydrogen-bond donors (Lipinski definition) is 1. The molecule has 2 heterocycles. The fourth-order valence-electron chi connectivity index (χ4n) is 2.97. The average Bonchev–Trinajstić information content (AvgIpc) is 3.12. The number of aryl methyl sites for hydroxylation is 2. The summed E-state index contributed by atoms with van der Waals surface area (Å²) in [6.07, 6.45) is 4.86. The summed E-state index contributed by atoms with van der Waals surface area (Å²) in [6, 6.07) is 2.11. The number of thiophene rings is 1. The highest BCUT2D eigenvalue weighted by molar-refractivity contribution is 7.10. The molecular weight excluding hydrogens is 284 g/mol. The van der Waals surface area contributed by atoms with Crippen LogP contribution in [0.4, 0.5) is 0 Å². The summed E-state index contributed by atoms with van der Waals surface area (Å²) < 4.78 is 1.90. The van der Waals surface area contributed by atoms with Gasteiger partial charge in [0, 0.05) is 24.4 Å². The number of amides is 1. The van der Waals surface area contributed by atoms with Crippen molar-refractivity contribution in [1.29, 1.82) is 0 Å². The number of nitrogens with zero attached hydrogens (tertiary/aromatic N) is 3. The Morgan fingerprint density at radius 1 is 1.62 bits per heavy atom. The first-order chi connectivity index (χ1) is 10.2. The lowest BCUT2D eigenvalue weighted by atomic mass is 9.87. The molecule has 0 fully saturated rings. The van der Waals surface area contributed by atoms with Crippen LogP contribution in [0.3, 0.4) is 0 Å². The Labute approximate surface area is 128 Å². The molecule has 0 saturated heterocycles. The smallest absolute Gasteiger partial charge is 0.227 e. The van der Waals surface area contributed by atoms with Crippen molar-refractivity contribution in [2.75, 3.05) is 6.54 Å². The van der Waals surface area contributed by atoms with Gasteiger partial charge in [-0.1, -0.05) is 6.92 Å². The molecule has 6 heteroatoms. The first kappa shape index (κ1) is 14.3. The van der Waals surface area contributed by atoms with E-state index in [4.69, 9.17) is 0 Å². The van der Waals surface area contributed by atoms with Crippen LogP contribution in [0.25, 0.3) is 0 Å². The highest BCUT2D eigenvalue weighted by Gasteiger charge is 2.27. The summed E-state index contributed by atoms with van der Waals surface area (Å²) in [5.41, 5.74) is 1.23. The predicted octanol–water partition coefficient (Wildman–Crippen LogP) is 2.22. The van der Waals surface area contributed by atoms with Gasteiger partial charge in [0.05, 0.1) is 5.92 Å². The number of rotatable bonds is 4. The van der Waals surface area contributed by atoms with Crippen LogP contribution in [0.2, 0.25) is 0 Å². The molecule has 2 unspecified atom stereocenters. The SMILES string of the molecule is CC(CNC(=O)C1CCCc2sccc21)c1nncn1C. The van der Waals surface area contributed by atoms with Crippen molar-refractivity contribution >= 4 is 17.2 Å². The molecule has 0 aliphatic heterocycles. The van der Waals surface area contributed by atoms with E-state index in [1.807, 2.05) is 11.6 Å². The zero-order valence-corrected chi connectivity index (χ0v) is 13.2. The van der Waals surface area contributed by atoms with Crippen LogP contribution in [-0.2, 0) is 18.3 Å². The Balaban J connectivity index is 1.62. The van der Waals surface area contributed by atoms with Crippen LogP contribution in [-0.4, -0.2) is 27.2 Å². The van der Waals surface area contributed by atoms with Crippen LogP contribution in [0.15, 0.2) is 17.8 Å². The van der Waals surface area contributed by atoms with E-state index in [0.29, 0.717) is 6.54 Å². The summed E-state index contributed by atoms with van der Waals surface area (Å²) in [7, 11) is 1.92. The van der Waals surface area contributed by atoms with Crippen molar-refractivity contribution in [3.63, 3.8) is 0 Å². The number of carbonyl (C=O) groups excluding carboxylic acids is 1. The molecule has 1 amide bonds. The first-order valence-electron chi connectivity index (χ1n) is 7.34. The minimum Gasteiger partial charge on any atom is -0.355 e. The van der Waals surface area contributed by atoms with Gasteiger partial charge in [0.2, 0.25) is 5.91 Å². The van der Waals surface area contributed by atoms with E-state index < -0.39 is 0 Å². The van der Waals surface area contributed by atoms with Gasteiger partial charge < -0.3 is 9.88 Å². The molecule has 2 aromatic heterocycles. The van der Waals surface area contributed by atoms with Gasteiger partial charge in [-0.3, -0.25) is 4.79 Å². The second-order valence-electron chi connectivity index (χ2n) is 5.69. The van der Waals surface area contributed by atoms with Gasteiger partial charge >= 0.3 is 0 Å². The van der Waals surface area contributed by atoms with Crippen molar-refractivity contribution in [1.82, 2.24) is 20.1 Å². The van der Waals surface area contributed by atoms with Crippen molar-refractivity contribution in [3.8, 4) is 0 Å². The molecule has 21 heavy (non-hydrogen) atoms. The Bertz CT molecular complexity index is 633. The molecule has 5 nitrogen and oxygen atoms in total. The lowest BCUT2D eigenvalue weighted by Gasteiger charge is -2.22. The molecule has 3 rings (SSSR count). The van der Waals surface area contributed by atoms with Gasteiger partial charge in [-0.05, 0) is 36.3 Å². The number of carbonyl (C=O) groups is 1. The maximum absolute atomic E-state index is 12.5. The monoisotopic (exact) mass is 304 g/mol. The third-order valence-corrected chi connectivity index (χ3v) is 5.13. The zero-order valence-electron chi connectivity index (χ0n) is 12.4. The normalized spacial score (nSPS) is 19.0. The van der Waals surface area contributed by atoms with Crippen LogP contribution in [0, 0.1) is 0 Å². The number of nitrogens with one attached hydrogen (secondary N) is 1. The van der Waals surface area contributed by atoms with Crippen LogP contribution in [0.5, 0.6) is 0 Å². The maximum Gasteiger partial charge on any atom is 0.227 e. The molecule has 1 aliphatic carbocycles. The zero-order chi connectivity index (χ0) is 14.8. The third kappa shape index (κ3) is 2.85. The summed E-state index contributed by atoms with van der Waals surface area (Å²) in [5.74, 6) is 1.22. The summed E-state index contributed by atoms with van der Waals surface area (Å²) in [6.45, 7) is 2.66. The molecule has 1 N–H and O–H groups in total. The lowest BCUT2D eigenvalue weighted by molar-refractivity contribution is -0.122. The number of aromatic nitrogens is 3. The fourth-order valence-corrected chi connectivity index (χ4v) is 3.95. The molecule has 2 aromatic rings. The fraction of sp³-hybridized carbons (Fsp3) is 0.533. The Morgan fingerprint density at radius 2 is 2.48 bits per heavy atom. The molecule has 0 saturated carbocycles. The Hall–Kier alpha value is -1.69. The second-order valence-corrected chi connectivity index (χ2v) is 6.69. The summed E-state index contributed by atoms with van der Waals surface area (Å²) in [4.78, 5) is 13.8. The van der Waals surface area contributed by atoms with E-state index in [9.17, 15) is 4.79 Å². The molecule has 1 aliphatic rings. The van der Waals surface area contributed by atoms with Gasteiger partial charge in [0.1, 0.15) is 12.2 Å². The van der Waals surface area contributed by atoms with E-state index in [0.717, 1.165) is 25.1 Å². The van der Waals surface area contributed by atoms with E-state index in [-0.39, 0.29) is 17.7 Å². The third-order valence-electron chi connectivity index (χ3n) is 4.14. The largest absolute Gasteiger partial charge is 0.355 e. The van der Waals surface area contributed by atoms with Gasteiger partial charge in [-0.15, -0.1) is 21.5 Å². The van der Waals surface area contributed by atoms with Crippen molar-refractivity contribution < 1.29 is 4.79 Å². The predicted molar refractivity (Wildman–Crippen MR) is 82.4 cm³/mol. The quantitative estimate of drug-likeness (QED) is 0.942. The molecule has 0 aromatic carbocycles. The molecule has 0 radical (unpaired) electrons. The number of hydrogen-bond acceptors (Lipinski definition) is 4. The van der Waals surface area contributed by atoms with Crippen molar-refractivity contribution in [3.05, 3.63) is 34.0 Å². The van der Waals surface area contributed by atoms with Crippen LogP contribution < -0.4 is 5.32 Å². The lowest BCUT2D eigenvalue weighted by Crippen LogP contribution is -2.33. The molecule has 112 valence electrons. The van der Waals surface area contributed by atoms with Crippen LogP contribution in [0.1, 0.15) is 47.9 Å². The second kappa shape index (κ2) is 5.97. The van der Waals surface area contributed by atoms with Gasteiger partial charge in [0.25, 0.3) is 0 Å². The van der Waals surface area contributed by atoms with E-state index in [1.54, 1.807) is 17.7 Å². The minimum absolute atomic E-state index is 0.0201. The van der Waals surface area contributed by atoms with Gasteiger partial charge in [-0.2, -0.15) is 0 Å². The van der Waals surface area contributed by atoms with E-state index >= 15 is 0 Å². The van der Waals surface area contributed by atoms with Gasteiger partial charge in [-0.25, -0.2) is 0 Å². The maximum atomic E-state index is 12.5. The molecule has 0 spiro atoms. The Kier molecular flexibility index (Phi) is 4.05. The average molecular weight is 304 g/mol. The topological polar surface area (TPSA) is 59.8 Å². The van der Waals surface area contributed by atoms with E-state index in [2.05, 4.69) is 33.9 Å². The molecular formula is C15H20N4OS. The van der Waals surface area contributed by atoms with E-state index in [1.165, 1.54) is 10.4 Å². The minimum atomic E-state index is 0.0201. The van der Waals surface area contributed by atoms with Gasteiger partial charge in [0.15, 0.2) is 0 Å².